The van der Waals surface area contributed by atoms with Crippen molar-refractivity contribution in [2.24, 2.45) is 0 Å². The molecule has 0 aliphatic rings. The largest absolute Gasteiger partial charge is 0.462 e. The van der Waals surface area contributed by atoms with E-state index in [0.717, 1.165) is 122 Å². The predicted octanol–water partition coefficient (Wildman–Crippen LogP) is 24.2. The molecule has 0 bridgehead atoms. The lowest BCUT2D eigenvalue weighted by Crippen LogP contribution is -2.30. The molecule has 0 amide bonds. The molecule has 6 nitrogen and oxygen atoms in total. The highest BCUT2D eigenvalue weighted by Gasteiger charge is 2.19. The molecule has 0 rings (SSSR count). The van der Waals surface area contributed by atoms with Crippen molar-refractivity contribution in [1.82, 2.24) is 0 Å². The Morgan fingerprint density at radius 2 is 0.481 bits per heavy atom. The van der Waals surface area contributed by atoms with Gasteiger partial charge in [-0.2, -0.15) is 0 Å². The van der Waals surface area contributed by atoms with Crippen molar-refractivity contribution in [3.05, 3.63) is 85.1 Å². The average Bonchev–Trinajstić information content (AvgIpc) is 3.46. The molecular weight excluding hydrogens is 997 g/mol. The first-order chi connectivity index (χ1) is 40.0. The lowest BCUT2D eigenvalue weighted by Gasteiger charge is -2.18. The maximum atomic E-state index is 12.9. The van der Waals surface area contributed by atoms with Crippen LogP contribution in [0.3, 0.4) is 0 Å². The van der Waals surface area contributed by atoms with Gasteiger partial charge in [0.2, 0.25) is 0 Å². The monoisotopic (exact) mass is 1130 g/mol. The van der Waals surface area contributed by atoms with Gasteiger partial charge < -0.3 is 14.2 Å². The number of esters is 3. The van der Waals surface area contributed by atoms with E-state index in [1.807, 2.05) is 0 Å². The van der Waals surface area contributed by atoms with Gasteiger partial charge in [0, 0.05) is 19.3 Å². The van der Waals surface area contributed by atoms with Gasteiger partial charge in [-0.15, -0.1) is 0 Å². The van der Waals surface area contributed by atoms with Gasteiger partial charge in [-0.1, -0.05) is 331 Å². The van der Waals surface area contributed by atoms with Crippen LogP contribution >= 0.6 is 0 Å². The molecule has 0 aromatic rings. The second-order valence-electron chi connectivity index (χ2n) is 23.4. The lowest BCUT2D eigenvalue weighted by molar-refractivity contribution is -0.167. The third-order valence-corrected chi connectivity index (χ3v) is 15.4. The second kappa shape index (κ2) is 69.1. The number of allylic oxidation sites excluding steroid dienone is 14. The maximum absolute atomic E-state index is 12.9. The van der Waals surface area contributed by atoms with Crippen molar-refractivity contribution in [1.29, 1.82) is 0 Å². The van der Waals surface area contributed by atoms with Crippen LogP contribution in [0.2, 0.25) is 0 Å². The van der Waals surface area contributed by atoms with Gasteiger partial charge in [-0.05, 0) is 89.9 Å². The van der Waals surface area contributed by atoms with Crippen LogP contribution in [0.25, 0.3) is 0 Å². The molecular formula is C75H132O6. The van der Waals surface area contributed by atoms with Gasteiger partial charge in [-0.3, -0.25) is 14.4 Å². The molecule has 81 heavy (non-hydrogen) atoms. The van der Waals surface area contributed by atoms with Crippen LogP contribution in [0.1, 0.15) is 355 Å². The first-order valence-corrected chi connectivity index (χ1v) is 35.1. The maximum Gasteiger partial charge on any atom is 0.306 e. The van der Waals surface area contributed by atoms with Crippen molar-refractivity contribution >= 4 is 17.9 Å². The first-order valence-electron chi connectivity index (χ1n) is 35.1. The lowest BCUT2D eigenvalue weighted by atomic mass is 10.0. The van der Waals surface area contributed by atoms with Crippen molar-refractivity contribution in [2.75, 3.05) is 13.2 Å². The van der Waals surface area contributed by atoms with E-state index in [4.69, 9.17) is 14.2 Å². The average molecular weight is 1130 g/mol. The molecule has 0 saturated heterocycles. The fraction of sp³-hybridized carbons (Fsp3) is 0.773. The topological polar surface area (TPSA) is 78.9 Å². The third kappa shape index (κ3) is 67.3. The van der Waals surface area contributed by atoms with E-state index in [9.17, 15) is 14.4 Å². The van der Waals surface area contributed by atoms with Crippen LogP contribution in [0.15, 0.2) is 85.1 Å². The Hall–Kier alpha value is -3.41. The van der Waals surface area contributed by atoms with E-state index < -0.39 is 6.10 Å². The standard InChI is InChI=1S/C75H132O6/c1-4-7-10-13-16-19-22-25-27-29-31-32-33-34-35-36-37-38-39-40-41-42-44-45-47-50-53-56-59-62-65-68-74(77)80-71-72(70-79-73(76)67-64-61-58-55-52-49-24-21-18-15-12-9-6-3)81-75(78)69-66-63-60-57-54-51-48-46-43-30-28-26-23-20-17-14-11-8-5-2/h8-9,11-12,17-18,20-21,26,28,43,46,49,52,72H,4-7,10,13-16,19,22-25,27,29-42,44-45,47-48,50-51,53-71H2,1-3H3/b11-8-,12-9-,20-17-,21-18-,28-26-,46-43-,52-49-. The molecule has 0 saturated carbocycles. The molecule has 0 aromatic carbocycles. The zero-order valence-electron chi connectivity index (χ0n) is 53.8. The fourth-order valence-corrected chi connectivity index (χ4v) is 10.2. The number of hydrogen-bond acceptors (Lipinski definition) is 6. The van der Waals surface area contributed by atoms with E-state index in [-0.39, 0.29) is 31.1 Å². The molecule has 0 aliphatic carbocycles. The zero-order chi connectivity index (χ0) is 58.5. The van der Waals surface area contributed by atoms with Crippen LogP contribution in [0.4, 0.5) is 0 Å². The van der Waals surface area contributed by atoms with Crippen LogP contribution in [-0.4, -0.2) is 37.2 Å². The molecule has 0 spiro atoms. The van der Waals surface area contributed by atoms with Crippen molar-refractivity contribution in [3.8, 4) is 0 Å². The van der Waals surface area contributed by atoms with Gasteiger partial charge >= 0.3 is 17.9 Å². The van der Waals surface area contributed by atoms with E-state index in [2.05, 4.69) is 106 Å². The summed E-state index contributed by atoms with van der Waals surface area (Å²) in [5.74, 6) is -0.920. The summed E-state index contributed by atoms with van der Waals surface area (Å²) >= 11 is 0. The third-order valence-electron chi connectivity index (χ3n) is 15.4. The number of carbonyl (C=O) groups is 3. The summed E-state index contributed by atoms with van der Waals surface area (Å²) in [5, 5.41) is 0. The minimum absolute atomic E-state index is 0.0896. The zero-order valence-corrected chi connectivity index (χ0v) is 53.8. The number of carbonyl (C=O) groups excluding carboxylic acids is 3. The molecule has 0 fully saturated rings. The Labute approximate surface area is 503 Å². The Kier molecular flexibility index (Phi) is 66.2. The van der Waals surface area contributed by atoms with Gasteiger partial charge in [0.15, 0.2) is 6.10 Å². The Balaban J connectivity index is 4.20. The fourth-order valence-electron chi connectivity index (χ4n) is 10.2. The molecule has 1 atom stereocenters. The van der Waals surface area contributed by atoms with Crippen LogP contribution in [0, 0.1) is 0 Å². The molecule has 0 N–H and O–H groups in total. The number of hydrogen-bond donors (Lipinski definition) is 0. The normalized spacial score (nSPS) is 12.6. The summed E-state index contributed by atoms with van der Waals surface area (Å²) in [6.45, 7) is 6.42. The highest BCUT2D eigenvalue weighted by molar-refractivity contribution is 5.71. The van der Waals surface area contributed by atoms with Crippen molar-refractivity contribution < 1.29 is 28.6 Å². The van der Waals surface area contributed by atoms with Gasteiger partial charge in [0.05, 0.1) is 0 Å². The molecule has 468 valence electrons. The van der Waals surface area contributed by atoms with E-state index in [0.29, 0.717) is 19.3 Å². The molecule has 6 heteroatoms. The predicted molar refractivity (Wildman–Crippen MR) is 353 cm³/mol. The summed E-state index contributed by atoms with van der Waals surface area (Å²) in [7, 11) is 0. The smallest absolute Gasteiger partial charge is 0.306 e. The van der Waals surface area contributed by atoms with Crippen molar-refractivity contribution in [3.63, 3.8) is 0 Å². The number of ether oxygens (including phenoxy) is 3. The number of rotatable bonds is 64. The van der Waals surface area contributed by atoms with Gasteiger partial charge in [0.1, 0.15) is 13.2 Å². The van der Waals surface area contributed by atoms with E-state index in [1.54, 1.807) is 0 Å². The van der Waals surface area contributed by atoms with Crippen molar-refractivity contribution in [2.45, 2.75) is 361 Å². The molecule has 0 radical (unpaired) electrons. The summed E-state index contributed by atoms with van der Waals surface area (Å²) in [5.41, 5.74) is 0. The molecule has 1 unspecified atom stereocenters. The van der Waals surface area contributed by atoms with E-state index in [1.165, 1.54) is 193 Å². The molecule has 0 aliphatic heterocycles. The number of unbranched alkanes of at least 4 members (excludes halogenated alkanes) is 39. The van der Waals surface area contributed by atoms with Crippen LogP contribution < -0.4 is 0 Å². The van der Waals surface area contributed by atoms with E-state index >= 15 is 0 Å². The quantitative estimate of drug-likeness (QED) is 0.0261. The van der Waals surface area contributed by atoms with Crippen LogP contribution in [0.5, 0.6) is 0 Å². The SMILES string of the molecule is CC/C=C\C/C=C\C/C=C\C/C=C\CCCCCCCCC(=O)OC(COC(=O)CCCCC/C=C\C/C=C\C/C=C\CC)COC(=O)CCCCCCCCCCCCCCCCCCCCCCCCCCCCCCCCC. The highest BCUT2D eigenvalue weighted by Crippen LogP contribution is 2.18. The summed E-state index contributed by atoms with van der Waals surface area (Å²) in [4.78, 5) is 38.4. The van der Waals surface area contributed by atoms with Crippen LogP contribution in [-0.2, 0) is 28.6 Å². The summed E-state index contributed by atoms with van der Waals surface area (Å²) < 4.78 is 16.9. The summed E-state index contributed by atoms with van der Waals surface area (Å²) in [6, 6.07) is 0. The van der Waals surface area contributed by atoms with Gasteiger partial charge in [0.25, 0.3) is 0 Å². The Morgan fingerprint density at radius 1 is 0.259 bits per heavy atom. The minimum atomic E-state index is -0.797. The highest BCUT2D eigenvalue weighted by atomic mass is 16.6. The summed E-state index contributed by atoms with van der Waals surface area (Å²) in [6.07, 6.45) is 92.1. The second-order valence-corrected chi connectivity index (χ2v) is 23.4. The Bertz CT molecular complexity index is 1530. The van der Waals surface area contributed by atoms with Gasteiger partial charge in [-0.25, -0.2) is 0 Å². The molecule has 0 heterocycles. The minimum Gasteiger partial charge on any atom is -0.462 e. The Morgan fingerprint density at radius 3 is 0.765 bits per heavy atom. The molecule has 0 aromatic heterocycles. The first kappa shape index (κ1) is 77.6.